The molecule has 5 heteroatoms. The van der Waals surface area contributed by atoms with Crippen LogP contribution in [0.5, 0.6) is 0 Å². The van der Waals surface area contributed by atoms with Crippen LogP contribution in [0.3, 0.4) is 0 Å². The Morgan fingerprint density at radius 1 is 1.20 bits per heavy atom. The molecule has 2 fully saturated rings. The Morgan fingerprint density at radius 2 is 1.80 bits per heavy atom. The summed E-state index contributed by atoms with van der Waals surface area (Å²) in [4.78, 5) is 24.2. The Kier molecular flexibility index (Phi) is 5.02. The van der Waals surface area contributed by atoms with Crippen LogP contribution in [-0.2, 0) is 23.8 Å². The van der Waals surface area contributed by atoms with Gasteiger partial charge in [0, 0.05) is 6.61 Å². The van der Waals surface area contributed by atoms with Crippen molar-refractivity contribution < 1.29 is 23.8 Å². The Labute approximate surface area is 120 Å². The molecule has 1 saturated carbocycles. The van der Waals surface area contributed by atoms with Crippen LogP contribution >= 0.6 is 0 Å². The van der Waals surface area contributed by atoms with Gasteiger partial charge in [0.05, 0.1) is 18.8 Å². The highest BCUT2D eigenvalue weighted by Gasteiger charge is 2.48. The van der Waals surface area contributed by atoms with Gasteiger partial charge in [-0.2, -0.15) is 0 Å². The largest absolute Gasteiger partial charge is 0.465 e. The van der Waals surface area contributed by atoms with Gasteiger partial charge in [-0.05, 0) is 51.9 Å². The van der Waals surface area contributed by atoms with Crippen molar-refractivity contribution in [2.75, 3.05) is 19.8 Å². The molecule has 0 aromatic carbocycles. The van der Waals surface area contributed by atoms with E-state index in [2.05, 4.69) is 0 Å². The lowest BCUT2D eigenvalue weighted by Gasteiger charge is -2.48. The highest BCUT2D eigenvalue weighted by atomic mass is 16.6. The van der Waals surface area contributed by atoms with Gasteiger partial charge in [0.2, 0.25) is 0 Å². The van der Waals surface area contributed by atoms with Crippen LogP contribution < -0.4 is 0 Å². The first-order valence-electron chi connectivity index (χ1n) is 7.59. The Bertz CT molecular complexity index is 343. The van der Waals surface area contributed by atoms with E-state index in [4.69, 9.17) is 14.2 Å². The summed E-state index contributed by atoms with van der Waals surface area (Å²) in [7, 11) is 0. The Balaban J connectivity index is 2.08. The SMILES string of the molecule is CCOC(=O)C(C(=O)OCC)C1CCOC2(CCC2)C1. The van der Waals surface area contributed by atoms with Crippen LogP contribution in [0.15, 0.2) is 0 Å². The molecule has 1 atom stereocenters. The van der Waals surface area contributed by atoms with Crippen LogP contribution in [0.25, 0.3) is 0 Å². The molecule has 0 aromatic heterocycles. The van der Waals surface area contributed by atoms with Gasteiger partial charge in [-0.3, -0.25) is 9.59 Å². The zero-order valence-electron chi connectivity index (χ0n) is 12.4. The molecule has 1 aliphatic heterocycles. The monoisotopic (exact) mass is 284 g/mol. The van der Waals surface area contributed by atoms with Crippen molar-refractivity contribution in [2.45, 2.75) is 51.6 Å². The molecule has 1 unspecified atom stereocenters. The second-order valence-corrected chi connectivity index (χ2v) is 5.62. The van der Waals surface area contributed by atoms with Crippen LogP contribution in [0, 0.1) is 11.8 Å². The fraction of sp³-hybridized carbons (Fsp3) is 0.867. The van der Waals surface area contributed by atoms with Crippen molar-refractivity contribution in [3.05, 3.63) is 0 Å². The van der Waals surface area contributed by atoms with E-state index in [1.54, 1.807) is 13.8 Å². The smallest absolute Gasteiger partial charge is 0.320 e. The first-order chi connectivity index (χ1) is 9.62. The van der Waals surface area contributed by atoms with Crippen molar-refractivity contribution in [3.8, 4) is 0 Å². The third-order valence-corrected chi connectivity index (χ3v) is 4.35. The van der Waals surface area contributed by atoms with Crippen LogP contribution in [0.4, 0.5) is 0 Å². The molecule has 1 spiro atoms. The van der Waals surface area contributed by atoms with Crippen molar-refractivity contribution in [1.29, 1.82) is 0 Å². The number of carbonyl (C=O) groups is 2. The Morgan fingerprint density at radius 3 is 2.25 bits per heavy atom. The quantitative estimate of drug-likeness (QED) is 0.571. The first kappa shape index (κ1) is 15.3. The minimum absolute atomic E-state index is 0.0258. The standard InChI is InChI=1S/C15H24O5/c1-3-18-13(16)12(14(17)19-4-2)11-6-9-20-15(10-11)7-5-8-15/h11-12H,3-10H2,1-2H3. The van der Waals surface area contributed by atoms with Gasteiger partial charge in [0.25, 0.3) is 0 Å². The molecule has 2 rings (SSSR count). The fourth-order valence-corrected chi connectivity index (χ4v) is 3.21. The number of carbonyl (C=O) groups excluding carboxylic acids is 2. The molecule has 0 amide bonds. The minimum Gasteiger partial charge on any atom is -0.465 e. The molecule has 1 saturated heterocycles. The van der Waals surface area contributed by atoms with Gasteiger partial charge in [-0.25, -0.2) is 0 Å². The molecular weight excluding hydrogens is 260 g/mol. The molecule has 0 N–H and O–H groups in total. The number of rotatable bonds is 5. The normalized spacial score (nSPS) is 24.2. The lowest BCUT2D eigenvalue weighted by Crippen LogP contribution is -2.49. The van der Waals surface area contributed by atoms with Crippen molar-refractivity contribution in [1.82, 2.24) is 0 Å². The highest BCUT2D eigenvalue weighted by molar-refractivity contribution is 5.95. The summed E-state index contributed by atoms with van der Waals surface area (Å²) in [6, 6.07) is 0. The fourth-order valence-electron chi connectivity index (χ4n) is 3.21. The van der Waals surface area contributed by atoms with Crippen molar-refractivity contribution >= 4 is 11.9 Å². The van der Waals surface area contributed by atoms with Crippen LogP contribution in [0.1, 0.15) is 46.0 Å². The maximum atomic E-state index is 12.1. The van der Waals surface area contributed by atoms with Gasteiger partial charge in [-0.15, -0.1) is 0 Å². The zero-order valence-corrected chi connectivity index (χ0v) is 12.4. The van der Waals surface area contributed by atoms with Gasteiger partial charge < -0.3 is 14.2 Å². The average Bonchev–Trinajstić information content (AvgIpc) is 2.38. The third kappa shape index (κ3) is 3.14. The predicted octanol–water partition coefficient (Wildman–Crippen LogP) is 2.08. The van der Waals surface area contributed by atoms with Gasteiger partial charge in [0.15, 0.2) is 5.92 Å². The summed E-state index contributed by atoms with van der Waals surface area (Å²) in [5.41, 5.74) is -0.0971. The summed E-state index contributed by atoms with van der Waals surface area (Å²) in [5.74, 6) is -1.72. The molecule has 20 heavy (non-hydrogen) atoms. The third-order valence-electron chi connectivity index (χ3n) is 4.35. The molecule has 0 bridgehead atoms. The maximum absolute atomic E-state index is 12.1. The number of esters is 2. The van der Waals surface area contributed by atoms with E-state index >= 15 is 0 Å². The van der Waals surface area contributed by atoms with Gasteiger partial charge in [0.1, 0.15) is 0 Å². The van der Waals surface area contributed by atoms with Crippen LogP contribution in [-0.4, -0.2) is 37.4 Å². The van der Waals surface area contributed by atoms with E-state index in [1.165, 1.54) is 0 Å². The summed E-state index contributed by atoms with van der Waals surface area (Å²) in [5, 5.41) is 0. The summed E-state index contributed by atoms with van der Waals surface area (Å²) >= 11 is 0. The van der Waals surface area contributed by atoms with E-state index < -0.39 is 17.9 Å². The highest BCUT2D eigenvalue weighted by Crippen LogP contribution is 2.46. The number of ether oxygens (including phenoxy) is 3. The van der Waals surface area contributed by atoms with E-state index in [-0.39, 0.29) is 24.7 Å². The van der Waals surface area contributed by atoms with E-state index in [0.717, 1.165) is 25.7 Å². The number of hydrogen-bond donors (Lipinski definition) is 0. The molecule has 0 radical (unpaired) electrons. The van der Waals surface area contributed by atoms with E-state index in [9.17, 15) is 9.59 Å². The molecular formula is C15H24O5. The van der Waals surface area contributed by atoms with E-state index in [1.807, 2.05) is 0 Å². The molecule has 1 aliphatic carbocycles. The molecule has 2 aliphatic rings. The van der Waals surface area contributed by atoms with Crippen molar-refractivity contribution in [3.63, 3.8) is 0 Å². The minimum atomic E-state index is -0.795. The summed E-state index contributed by atoms with van der Waals surface area (Å²) in [6.07, 6.45) is 4.69. The molecule has 1 heterocycles. The Hall–Kier alpha value is -1.10. The molecule has 0 aromatic rings. The second-order valence-electron chi connectivity index (χ2n) is 5.62. The number of hydrogen-bond acceptors (Lipinski definition) is 5. The predicted molar refractivity (Wildman–Crippen MR) is 72.0 cm³/mol. The van der Waals surface area contributed by atoms with Crippen molar-refractivity contribution in [2.24, 2.45) is 11.8 Å². The van der Waals surface area contributed by atoms with Gasteiger partial charge >= 0.3 is 11.9 Å². The van der Waals surface area contributed by atoms with Crippen LogP contribution in [0.2, 0.25) is 0 Å². The molecule has 5 nitrogen and oxygen atoms in total. The first-order valence-corrected chi connectivity index (χ1v) is 7.59. The maximum Gasteiger partial charge on any atom is 0.320 e. The average molecular weight is 284 g/mol. The molecule has 114 valence electrons. The van der Waals surface area contributed by atoms with Gasteiger partial charge in [-0.1, -0.05) is 0 Å². The topological polar surface area (TPSA) is 61.8 Å². The zero-order chi connectivity index (χ0) is 14.6. The second kappa shape index (κ2) is 6.57. The lowest BCUT2D eigenvalue weighted by molar-refractivity contribution is -0.177. The lowest BCUT2D eigenvalue weighted by atomic mass is 9.69. The van der Waals surface area contributed by atoms with E-state index in [0.29, 0.717) is 13.0 Å². The summed E-state index contributed by atoms with van der Waals surface area (Å²) in [6.45, 7) is 4.67. The summed E-state index contributed by atoms with van der Waals surface area (Å²) < 4.78 is 16.0.